The number of ether oxygens (including phenoxy) is 1. The Morgan fingerprint density at radius 3 is 2.95 bits per heavy atom. The molecule has 0 N–H and O–H groups in total. The van der Waals surface area contributed by atoms with E-state index in [9.17, 15) is 0 Å². The van der Waals surface area contributed by atoms with Gasteiger partial charge in [-0.05, 0) is 45.6 Å². The Morgan fingerprint density at radius 1 is 1.27 bits per heavy atom. The van der Waals surface area contributed by atoms with Gasteiger partial charge in [-0.25, -0.2) is 9.97 Å². The molecule has 0 saturated carbocycles. The van der Waals surface area contributed by atoms with E-state index in [2.05, 4.69) is 32.9 Å². The van der Waals surface area contributed by atoms with Crippen LogP contribution in [0.15, 0.2) is 12.4 Å². The molecule has 2 fully saturated rings. The van der Waals surface area contributed by atoms with E-state index >= 15 is 0 Å². The van der Waals surface area contributed by atoms with Crippen LogP contribution in [0.3, 0.4) is 0 Å². The van der Waals surface area contributed by atoms with E-state index in [0.29, 0.717) is 12.1 Å². The number of anilines is 1. The average molecular weight is 304 g/mol. The predicted molar refractivity (Wildman–Crippen MR) is 88.2 cm³/mol. The van der Waals surface area contributed by atoms with Crippen molar-refractivity contribution in [3.63, 3.8) is 0 Å². The Kier molecular flexibility index (Phi) is 5.26. The summed E-state index contributed by atoms with van der Waals surface area (Å²) in [5.41, 5.74) is 1.03. The largest absolute Gasteiger partial charge is 0.377 e. The maximum atomic E-state index is 5.90. The first kappa shape index (κ1) is 15.7. The van der Waals surface area contributed by atoms with Gasteiger partial charge in [-0.15, -0.1) is 0 Å². The molecule has 3 heterocycles. The summed E-state index contributed by atoms with van der Waals surface area (Å²) in [6, 6.07) is 2.61. The number of likely N-dealkylation sites (tertiary alicyclic amines) is 1. The standard InChI is InChI=1S/C17H28N4O/c1-14-10-17(19-13-18-14)20(2)15-6-5-8-21(11-15)12-16-7-3-4-9-22-16/h10,13,15-16H,3-9,11-12H2,1-2H3. The molecule has 0 aromatic carbocycles. The topological polar surface area (TPSA) is 41.5 Å². The minimum Gasteiger partial charge on any atom is -0.377 e. The van der Waals surface area contributed by atoms with E-state index in [1.54, 1.807) is 6.33 Å². The molecule has 1 aromatic rings. The number of hydrogen-bond acceptors (Lipinski definition) is 5. The number of aryl methyl sites for hydroxylation is 1. The highest BCUT2D eigenvalue weighted by molar-refractivity contribution is 5.39. The summed E-state index contributed by atoms with van der Waals surface area (Å²) in [5.74, 6) is 1.04. The van der Waals surface area contributed by atoms with Crippen LogP contribution in [0.4, 0.5) is 5.82 Å². The van der Waals surface area contributed by atoms with Crippen molar-refractivity contribution in [2.75, 3.05) is 38.2 Å². The maximum Gasteiger partial charge on any atom is 0.132 e. The van der Waals surface area contributed by atoms with Gasteiger partial charge in [-0.3, -0.25) is 4.90 Å². The minimum atomic E-state index is 0.444. The average Bonchev–Trinajstić information content (AvgIpc) is 2.55. The minimum absolute atomic E-state index is 0.444. The van der Waals surface area contributed by atoms with Crippen molar-refractivity contribution in [2.45, 2.75) is 51.2 Å². The Hall–Kier alpha value is -1.20. The van der Waals surface area contributed by atoms with Crippen molar-refractivity contribution in [3.05, 3.63) is 18.1 Å². The van der Waals surface area contributed by atoms with E-state index in [0.717, 1.165) is 31.2 Å². The van der Waals surface area contributed by atoms with Crippen molar-refractivity contribution in [2.24, 2.45) is 0 Å². The molecule has 0 aliphatic carbocycles. The first-order valence-electron chi connectivity index (χ1n) is 8.58. The summed E-state index contributed by atoms with van der Waals surface area (Å²) >= 11 is 0. The fourth-order valence-corrected chi connectivity index (χ4v) is 3.57. The molecule has 2 saturated heterocycles. The van der Waals surface area contributed by atoms with Gasteiger partial charge in [0.05, 0.1) is 6.10 Å². The van der Waals surface area contributed by atoms with Gasteiger partial charge in [-0.2, -0.15) is 0 Å². The van der Waals surface area contributed by atoms with Gasteiger partial charge in [0.1, 0.15) is 12.1 Å². The van der Waals surface area contributed by atoms with Crippen molar-refractivity contribution in [1.29, 1.82) is 0 Å². The van der Waals surface area contributed by atoms with E-state index in [-0.39, 0.29) is 0 Å². The van der Waals surface area contributed by atoms with Gasteiger partial charge < -0.3 is 9.64 Å². The van der Waals surface area contributed by atoms with Gasteiger partial charge in [0.25, 0.3) is 0 Å². The highest BCUT2D eigenvalue weighted by Gasteiger charge is 2.26. The number of hydrogen-bond donors (Lipinski definition) is 0. The zero-order valence-electron chi connectivity index (χ0n) is 13.9. The molecule has 2 aliphatic heterocycles. The van der Waals surface area contributed by atoms with E-state index in [1.807, 2.05) is 6.92 Å². The van der Waals surface area contributed by atoms with E-state index < -0.39 is 0 Å². The zero-order chi connectivity index (χ0) is 15.4. The number of nitrogens with zero attached hydrogens (tertiary/aromatic N) is 4. The fraction of sp³-hybridized carbons (Fsp3) is 0.765. The molecule has 0 bridgehead atoms. The van der Waals surface area contributed by atoms with Gasteiger partial charge in [0.15, 0.2) is 0 Å². The molecule has 5 nitrogen and oxygen atoms in total. The molecule has 2 unspecified atom stereocenters. The number of likely N-dealkylation sites (N-methyl/N-ethyl adjacent to an activating group) is 1. The van der Waals surface area contributed by atoms with Crippen LogP contribution in [-0.2, 0) is 4.74 Å². The zero-order valence-corrected chi connectivity index (χ0v) is 13.9. The van der Waals surface area contributed by atoms with Crippen molar-refractivity contribution in [3.8, 4) is 0 Å². The lowest BCUT2D eigenvalue weighted by molar-refractivity contribution is -0.00991. The summed E-state index contributed by atoms with van der Waals surface area (Å²) in [5, 5.41) is 0. The first-order valence-corrected chi connectivity index (χ1v) is 8.58. The highest BCUT2D eigenvalue weighted by Crippen LogP contribution is 2.22. The third-order valence-corrected chi connectivity index (χ3v) is 4.91. The second-order valence-electron chi connectivity index (χ2n) is 6.67. The van der Waals surface area contributed by atoms with E-state index in [4.69, 9.17) is 4.74 Å². The third-order valence-electron chi connectivity index (χ3n) is 4.91. The molecular weight excluding hydrogens is 276 g/mol. The lowest BCUT2D eigenvalue weighted by atomic mass is 10.0. The second kappa shape index (κ2) is 7.38. The molecule has 2 aliphatic rings. The molecule has 122 valence electrons. The summed E-state index contributed by atoms with van der Waals surface area (Å²) in [7, 11) is 2.16. The molecule has 0 amide bonds. The summed E-state index contributed by atoms with van der Waals surface area (Å²) < 4.78 is 5.90. The van der Waals surface area contributed by atoms with Gasteiger partial charge in [0.2, 0.25) is 0 Å². The highest BCUT2D eigenvalue weighted by atomic mass is 16.5. The number of piperidine rings is 1. The van der Waals surface area contributed by atoms with Crippen LogP contribution in [0, 0.1) is 6.92 Å². The predicted octanol–water partition coefficient (Wildman–Crippen LogP) is 2.25. The Morgan fingerprint density at radius 2 is 2.18 bits per heavy atom. The molecule has 0 spiro atoms. The normalized spacial score (nSPS) is 26.8. The fourth-order valence-electron chi connectivity index (χ4n) is 3.57. The molecule has 5 heteroatoms. The molecule has 0 radical (unpaired) electrons. The Bertz CT molecular complexity index is 475. The van der Waals surface area contributed by atoms with Gasteiger partial charge >= 0.3 is 0 Å². The summed E-state index contributed by atoms with van der Waals surface area (Å²) in [4.78, 5) is 13.5. The SMILES string of the molecule is Cc1cc(N(C)C2CCCN(CC3CCCCO3)C2)ncn1. The molecular formula is C17H28N4O. The van der Waals surface area contributed by atoms with Crippen LogP contribution in [0.1, 0.15) is 37.8 Å². The summed E-state index contributed by atoms with van der Waals surface area (Å²) in [6.45, 7) is 6.37. The van der Waals surface area contributed by atoms with Crippen LogP contribution in [-0.4, -0.2) is 60.3 Å². The van der Waals surface area contributed by atoms with E-state index in [1.165, 1.54) is 38.6 Å². The van der Waals surface area contributed by atoms with Crippen molar-refractivity contribution in [1.82, 2.24) is 14.9 Å². The molecule has 1 aromatic heterocycles. The smallest absolute Gasteiger partial charge is 0.132 e. The van der Waals surface area contributed by atoms with Crippen LogP contribution in [0.5, 0.6) is 0 Å². The monoisotopic (exact) mass is 304 g/mol. The van der Waals surface area contributed by atoms with Crippen molar-refractivity contribution >= 4 is 5.82 Å². The second-order valence-corrected chi connectivity index (χ2v) is 6.67. The molecule has 22 heavy (non-hydrogen) atoms. The lowest BCUT2D eigenvalue weighted by Crippen LogP contribution is -2.49. The Balaban J connectivity index is 1.57. The van der Waals surface area contributed by atoms with Crippen LogP contribution >= 0.6 is 0 Å². The van der Waals surface area contributed by atoms with Gasteiger partial charge in [0, 0.05) is 44.5 Å². The lowest BCUT2D eigenvalue weighted by Gasteiger charge is -2.39. The van der Waals surface area contributed by atoms with Crippen molar-refractivity contribution < 1.29 is 4.74 Å². The third kappa shape index (κ3) is 3.96. The maximum absolute atomic E-state index is 5.90. The molecule has 3 rings (SSSR count). The van der Waals surface area contributed by atoms with Gasteiger partial charge in [-0.1, -0.05) is 0 Å². The number of rotatable bonds is 4. The van der Waals surface area contributed by atoms with Crippen LogP contribution < -0.4 is 4.90 Å². The summed E-state index contributed by atoms with van der Waals surface area (Å²) in [6.07, 6.45) is 8.38. The Labute approximate surface area is 133 Å². The first-order chi connectivity index (χ1) is 10.7. The molecule has 2 atom stereocenters. The van der Waals surface area contributed by atoms with Crippen LogP contribution in [0.25, 0.3) is 0 Å². The van der Waals surface area contributed by atoms with Crippen LogP contribution in [0.2, 0.25) is 0 Å². The quantitative estimate of drug-likeness (QED) is 0.853. The number of aromatic nitrogens is 2.